The average Bonchev–Trinajstić information content (AvgIpc) is 3.55. The molecule has 0 saturated heterocycles. The van der Waals surface area contributed by atoms with Crippen LogP contribution in [0.4, 0.5) is 0 Å². The molecule has 0 fully saturated rings. The van der Waals surface area contributed by atoms with Crippen LogP contribution < -0.4 is 0 Å². The van der Waals surface area contributed by atoms with E-state index in [1.807, 2.05) is 11.6 Å². The van der Waals surface area contributed by atoms with Crippen molar-refractivity contribution < 1.29 is 0 Å². The van der Waals surface area contributed by atoms with Crippen molar-refractivity contribution in [3.8, 4) is 32.8 Å². The number of hydrogen-bond acceptors (Lipinski definition) is 2. The molecule has 0 bridgehead atoms. The Hall–Kier alpha value is -3.57. The fraction of sp³-hybridized carbons (Fsp3) is 0.0800. The van der Waals surface area contributed by atoms with E-state index in [-0.39, 0.29) is 0 Å². The lowest BCUT2D eigenvalue weighted by Gasteiger charge is -2.03. The molecular formula is C25H20N4S. The molecule has 6 aromatic rings. The number of nitrogens with zero attached hydrogens (tertiary/aromatic N) is 3. The molecule has 0 radical (unpaired) electrons. The Morgan fingerprint density at radius 1 is 0.800 bits per heavy atom. The predicted molar refractivity (Wildman–Crippen MR) is 126 cm³/mol. The van der Waals surface area contributed by atoms with E-state index in [4.69, 9.17) is 0 Å². The topological polar surface area (TPSA) is 38.5 Å². The summed E-state index contributed by atoms with van der Waals surface area (Å²) in [5.41, 5.74) is 8.55. The first-order chi connectivity index (χ1) is 14.7. The minimum atomic E-state index is 1.05. The normalized spacial score (nSPS) is 11.7. The molecule has 0 atom stereocenters. The number of aromatic nitrogens is 4. The second-order valence-corrected chi connectivity index (χ2v) is 8.57. The molecule has 4 heterocycles. The summed E-state index contributed by atoms with van der Waals surface area (Å²) in [5.74, 6) is 0. The fourth-order valence-electron chi connectivity index (χ4n) is 4.46. The van der Waals surface area contributed by atoms with Gasteiger partial charge in [0.1, 0.15) is 5.01 Å². The van der Waals surface area contributed by atoms with Crippen molar-refractivity contribution in [3.63, 3.8) is 0 Å². The van der Waals surface area contributed by atoms with Gasteiger partial charge in [0.05, 0.1) is 0 Å². The van der Waals surface area contributed by atoms with Crippen LogP contribution in [0.15, 0.2) is 78.8 Å². The number of thiazole rings is 1. The fourth-order valence-corrected chi connectivity index (χ4v) is 5.10. The van der Waals surface area contributed by atoms with Crippen molar-refractivity contribution in [2.24, 2.45) is 14.1 Å². The molecule has 2 aromatic carbocycles. The summed E-state index contributed by atoms with van der Waals surface area (Å²) in [7, 11) is 4.22. The van der Waals surface area contributed by atoms with Crippen LogP contribution in [0, 0.1) is 0 Å². The Balaban J connectivity index is 1.55. The van der Waals surface area contributed by atoms with Crippen molar-refractivity contribution in [1.82, 2.24) is 19.1 Å². The van der Waals surface area contributed by atoms with Gasteiger partial charge < -0.3 is 14.1 Å². The van der Waals surface area contributed by atoms with Crippen LogP contribution in [0.25, 0.3) is 54.6 Å². The Kier molecular flexibility index (Phi) is 3.73. The lowest BCUT2D eigenvalue weighted by molar-refractivity contribution is 0.969. The maximum absolute atomic E-state index is 4.47. The van der Waals surface area contributed by atoms with Gasteiger partial charge >= 0.3 is 0 Å². The van der Waals surface area contributed by atoms with Crippen LogP contribution in [-0.2, 0) is 14.1 Å². The van der Waals surface area contributed by atoms with Gasteiger partial charge in [0.2, 0.25) is 0 Å². The van der Waals surface area contributed by atoms with Gasteiger partial charge in [-0.1, -0.05) is 30.3 Å². The quantitative estimate of drug-likeness (QED) is 0.359. The number of aromatic amines is 1. The highest BCUT2D eigenvalue weighted by Gasteiger charge is 2.18. The summed E-state index contributed by atoms with van der Waals surface area (Å²) < 4.78 is 4.41. The van der Waals surface area contributed by atoms with Gasteiger partial charge in [-0.05, 0) is 12.1 Å². The van der Waals surface area contributed by atoms with E-state index in [0.717, 1.165) is 10.6 Å². The summed E-state index contributed by atoms with van der Waals surface area (Å²) in [6.07, 6.45) is 10.5. The predicted octanol–water partition coefficient (Wildman–Crippen LogP) is 6.46. The largest absolute Gasteiger partial charge is 0.366 e. The molecule has 30 heavy (non-hydrogen) atoms. The summed E-state index contributed by atoms with van der Waals surface area (Å²) in [6.45, 7) is 0. The van der Waals surface area contributed by atoms with Crippen molar-refractivity contribution in [2.75, 3.05) is 0 Å². The third kappa shape index (κ3) is 2.49. The second kappa shape index (κ2) is 6.47. The van der Waals surface area contributed by atoms with Crippen molar-refractivity contribution in [2.45, 2.75) is 0 Å². The van der Waals surface area contributed by atoms with Gasteiger partial charge in [-0.15, -0.1) is 11.3 Å². The average molecular weight is 409 g/mol. The Labute approximate surface area is 178 Å². The number of fused-ring (bicyclic) bond motifs is 2. The standard InChI is InChI=1S/C25H20N4S/c1-28-14-21(17-5-3-4-6-23(17)28)19-12-26-13-20(19)22-15-29(2)24-11-16(7-8-18(22)24)25-27-9-10-30-25/h3-15,26H,1-2H3. The molecule has 6 rings (SSSR count). The molecule has 1 N–H and O–H groups in total. The van der Waals surface area contributed by atoms with E-state index >= 15 is 0 Å². The SMILES string of the molecule is Cn1cc(-c2c[nH]cc2-c2cn(C)c3cc(-c4nccs4)ccc23)c2ccccc21. The molecular weight excluding hydrogens is 388 g/mol. The van der Waals surface area contributed by atoms with E-state index in [1.165, 1.54) is 44.1 Å². The van der Waals surface area contributed by atoms with Crippen LogP contribution >= 0.6 is 11.3 Å². The molecule has 0 spiro atoms. The van der Waals surface area contributed by atoms with E-state index in [0.29, 0.717) is 0 Å². The van der Waals surface area contributed by atoms with Gasteiger partial charge in [-0.25, -0.2) is 4.98 Å². The highest BCUT2D eigenvalue weighted by atomic mass is 32.1. The van der Waals surface area contributed by atoms with E-state index in [1.54, 1.807) is 11.3 Å². The van der Waals surface area contributed by atoms with E-state index in [9.17, 15) is 0 Å². The third-order valence-corrected chi connectivity index (χ3v) is 6.71. The Morgan fingerprint density at radius 2 is 1.50 bits per heavy atom. The van der Waals surface area contributed by atoms with Crippen LogP contribution in [0.2, 0.25) is 0 Å². The van der Waals surface area contributed by atoms with Gasteiger partial charge in [-0.3, -0.25) is 0 Å². The zero-order valence-electron chi connectivity index (χ0n) is 16.8. The first-order valence-corrected chi connectivity index (χ1v) is 10.8. The minimum Gasteiger partial charge on any atom is -0.366 e. The lowest BCUT2D eigenvalue weighted by atomic mass is 9.98. The highest BCUT2D eigenvalue weighted by Crippen LogP contribution is 2.40. The maximum atomic E-state index is 4.47. The first-order valence-electron chi connectivity index (χ1n) is 9.91. The first kappa shape index (κ1) is 17.3. The van der Waals surface area contributed by atoms with Gasteiger partial charge in [0.15, 0.2) is 0 Å². The van der Waals surface area contributed by atoms with E-state index < -0.39 is 0 Å². The Bertz CT molecular complexity index is 1510. The number of nitrogens with one attached hydrogen (secondary N) is 1. The molecule has 0 aliphatic rings. The minimum absolute atomic E-state index is 1.05. The highest BCUT2D eigenvalue weighted by molar-refractivity contribution is 7.13. The Morgan fingerprint density at radius 3 is 2.23 bits per heavy atom. The van der Waals surface area contributed by atoms with Crippen LogP contribution in [0.5, 0.6) is 0 Å². The third-order valence-electron chi connectivity index (χ3n) is 5.89. The van der Waals surface area contributed by atoms with Gasteiger partial charge in [0.25, 0.3) is 0 Å². The molecule has 0 saturated carbocycles. The molecule has 0 unspecified atom stereocenters. The van der Waals surface area contributed by atoms with Crippen LogP contribution in [0.1, 0.15) is 0 Å². The zero-order chi connectivity index (χ0) is 20.2. The molecule has 0 aliphatic carbocycles. The number of hydrogen-bond donors (Lipinski definition) is 1. The van der Waals surface area contributed by atoms with Crippen molar-refractivity contribution in [1.29, 1.82) is 0 Å². The molecule has 4 aromatic heterocycles. The number of benzene rings is 2. The number of aryl methyl sites for hydroxylation is 2. The summed E-state index contributed by atoms with van der Waals surface area (Å²) in [6, 6.07) is 15.2. The van der Waals surface area contributed by atoms with Crippen molar-refractivity contribution in [3.05, 3.63) is 78.8 Å². The lowest BCUT2D eigenvalue weighted by Crippen LogP contribution is -1.84. The maximum Gasteiger partial charge on any atom is 0.123 e. The van der Waals surface area contributed by atoms with Crippen LogP contribution in [-0.4, -0.2) is 19.1 Å². The second-order valence-electron chi connectivity index (χ2n) is 7.68. The number of rotatable bonds is 3. The molecule has 4 nitrogen and oxygen atoms in total. The molecule has 0 amide bonds. The van der Waals surface area contributed by atoms with Gasteiger partial charge in [-0.2, -0.15) is 0 Å². The monoisotopic (exact) mass is 408 g/mol. The van der Waals surface area contributed by atoms with Gasteiger partial charge in [0, 0.05) is 100 Å². The summed E-state index contributed by atoms with van der Waals surface area (Å²) in [4.78, 5) is 7.82. The number of para-hydroxylation sites is 1. The number of H-pyrrole nitrogens is 1. The molecule has 146 valence electrons. The van der Waals surface area contributed by atoms with Crippen LogP contribution in [0.3, 0.4) is 0 Å². The molecule has 5 heteroatoms. The smallest absolute Gasteiger partial charge is 0.123 e. The zero-order valence-corrected chi connectivity index (χ0v) is 17.6. The summed E-state index contributed by atoms with van der Waals surface area (Å²) in [5, 5.41) is 5.59. The van der Waals surface area contributed by atoms with E-state index in [2.05, 4.69) is 100 Å². The van der Waals surface area contributed by atoms with Crippen molar-refractivity contribution >= 4 is 33.1 Å². The summed E-state index contributed by atoms with van der Waals surface area (Å²) >= 11 is 1.67. The molecule has 0 aliphatic heterocycles.